The van der Waals surface area contributed by atoms with Crippen molar-refractivity contribution in [1.82, 2.24) is 14.3 Å². The summed E-state index contributed by atoms with van der Waals surface area (Å²) >= 11 is 1.50. The van der Waals surface area contributed by atoms with E-state index in [-0.39, 0.29) is 17.6 Å². The molecule has 4 heterocycles. The first kappa shape index (κ1) is 22.5. The van der Waals surface area contributed by atoms with Gasteiger partial charge >= 0.3 is 11.9 Å². The first-order chi connectivity index (χ1) is 15.0. The first-order valence-electron chi connectivity index (χ1n) is 10.6. The molecule has 1 fully saturated rings. The van der Waals surface area contributed by atoms with Gasteiger partial charge in [0.05, 0.1) is 34.0 Å². The Morgan fingerprint density at radius 2 is 2.06 bits per heavy atom. The van der Waals surface area contributed by atoms with Crippen molar-refractivity contribution in [3.8, 4) is 0 Å². The highest BCUT2D eigenvalue weighted by Gasteiger charge is 2.57. The number of rotatable bonds is 6. The lowest BCUT2D eigenvalue weighted by Crippen LogP contribution is -2.61. The number of hydrogen-bond acceptors (Lipinski definition) is 8. The molecule has 0 aromatic carbocycles. The largest absolute Gasteiger partial charge is 0.427 e. The third-order valence-corrected chi connectivity index (χ3v) is 7.04. The van der Waals surface area contributed by atoms with Crippen molar-refractivity contribution in [3.05, 3.63) is 28.8 Å². The van der Waals surface area contributed by atoms with Crippen LogP contribution < -0.4 is 0 Å². The van der Waals surface area contributed by atoms with Crippen LogP contribution in [0.2, 0.25) is 0 Å². The van der Waals surface area contributed by atoms with Crippen molar-refractivity contribution in [2.75, 3.05) is 6.79 Å². The molecule has 2 aromatic heterocycles. The van der Waals surface area contributed by atoms with E-state index in [4.69, 9.17) is 9.47 Å². The molecule has 32 heavy (non-hydrogen) atoms. The third-order valence-electron chi connectivity index (χ3n) is 5.83. The Morgan fingerprint density at radius 1 is 1.34 bits per heavy atom. The summed E-state index contributed by atoms with van der Waals surface area (Å²) in [5, 5.41) is 10.1. The summed E-state index contributed by atoms with van der Waals surface area (Å²) in [5.41, 5.74) is 1.07. The lowest BCUT2D eigenvalue weighted by atomic mass is 9.83. The predicted molar refractivity (Wildman–Crippen MR) is 116 cm³/mol. The van der Waals surface area contributed by atoms with Gasteiger partial charge in [0.2, 0.25) is 12.7 Å². The van der Waals surface area contributed by atoms with Crippen LogP contribution in [-0.4, -0.2) is 56.2 Å². The summed E-state index contributed by atoms with van der Waals surface area (Å²) < 4.78 is 12.2. The van der Waals surface area contributed by atoms with Crippen molar-refractivity contribution >= 4 is 39.6 Å². The van der Waals surface area contributed by atoms with Crippen molar-refractivity contribution in [2.24, 2.45) is 11.3 Å². The van der Waals surface area contributed by atoms with Gasteiger partial charge in [-0.25, -0.2) is 9.78 Å². The highest BCUT2D eigenvalue weighted by Crippen LogP contribution is 2.48. The number of imidazole rings is 1. The van der Waals surface area contributed by atoms with E-state index in [2.05, 4.69) is 4.98 Å². The van der Waals surface area contributed by atoms with Crippen LogP contribution in [0.15, 0.2) is 18.2 Å². The molecule has 0 unspecified atom stereocenters. The Balaban J connectivity index is 1.63. The van der Waals surface area contributed by atoms with Crippen LogP contribution in [0.25, 0.3) is 10.4 Å². The average molecular weight is 462 g/mol. The molecule has 0 saturated carbocycles. The number of fused-ring (bicyclic) bond motifs is 2. The number of β-lactam (4-membered cyclic amide) rings is 1. The van der Waals surface area contributed by atoms with Gasteiger partial charge in [-0.1, -0.05) is 6.92 Å². The van der Waals surface area contributed by atoms with Crippen molar-refractivity contribution in [1.29, 1.82) is 0 Å². The summed E-state index contributed by atoms with van der Waals surface area (Å²) in [6.45, 7) is 8.17. The van der Waals surface area contributed by atoms with E-state index in [9.17, 15) is 19.5 Å². The topological polar surface area (TPSA) is 110 Å². The second kappa shape index (κ2) is 8.00. The first-order valence-corrected chi connectivity index (χ1v) is 11.4. The summed E-state index contributed by atoms with van der Waals surface area (Å²) in [5.74, 6) is -2.09. The van der Waals surface area contributed by atoms with E-state index in [0.29, 0.717) is 12.0 Å². The molecular weight excluding hydrogens is 434 g/mol. The van der Waals surface area contributed by atoms with E-state index < -0.39 is 36.2 Å². The lowest BCUT2D eigenvalue weighted by Gasteiger charge is -2.44. The van der Waals surface area contributed by atoms with Crippen molar-refractivity contribution in [3.63, 3.8) is 0 Å². The maximum absolute atomic E-state index is 13.0. The molecule has 2 aromatic rings. The maximum Gasteiger partial charge on any atom is 0.358 e. The molecule has 3 atom stereocenters. The minimum atomic E-state index is -0.817. The molecule has 1 N–H and O–H groups in total. The highest BCUT2D eigenvalue weighted by molar-refractivity contribution is 7.18. The fraction of sp³-hybridized carbons (Fsp3) is 0.545. The quantitative estimate of drug-likeness (QED) is 0.399. The molecular formula is C22H27N3O6S. The molecule has 4 rings (SSSR count). The van der Waals surface area contributed by atoms with Gasteiger partial charge in [0, 0.05) is 11.8 Å². The molecule has 0 bridgehead atoms. The van der Waals surface area contributed by atoms with Crippen LogP contribution in [0.5, 0.6) is 0 Å². The summed E-state index contributed by atoms with van der Waals surface area (Å²) in [4.78, 5) is 45.3. The normalized spacial score (nSPS) is 21.6. The Kier molecular flexibility index (Phi) is 5.62. The summed E-state index contributed by atoms with van der Waals surface area (Å²) in [7, 11) is 0. The number of hydrogen-bond donors (Lipinski definition) is 1. The van der Waals surface area contributed by atoms with Crippen molar-refractivity contribution in [2.45, 2.75) is 59.6 Å². The van der Waals surface area contributed by atoms with Crippen LogP contribution in [0.3, 0.4) is 0 Å². The minimum absolute atomic E-state index is 0.152. The van der Waals surface area contributed by atoms with Crippen LogP contribution >= 0.6 is 11.3 Å². The predicted octanol–water partition coefficient (Wildman–Crippen LogP) is 2.37. The number of carbonyl (C=O) groups excluding carboxylic acids is 3. The molecule has 2 aliphatic heterocycles. The zero-order valence-corrected chi connectivity index (χ0v) is 19.6. The van der Waals surface area contributed by atoms with E-state index in [0.717, 1.165) is 21.8 Å². The smallest absolute Gasteiger partial charge is 0.358 e. The maximum atomic E-state index is 13.0. The standard InChI is InChI=1S/C22H27N3O6S/c1-6-13-19-24(9-23-13)8-15(32-19)12-7-14-16(11(2)26)18(27)25(14)17(12)20(28)30-10-31-21(29)22(3,4)5/h8-9,11,14,16,26H,6-7,10H2,1-5H3/t11-,14-,16-/m1/s1. The van der Waals surface area contributed by atoms with Gasteiger partial charge < -0.3 is 19.5 Å². The summed E-state index contributed by atoms with van der Waals surface area (Å²) in [6, 6.07) is -0.303. The van der Waals surface area contributed by atoms with Gasteiger partial charge in [-0.2, -0.15) is 0 Å². The minimum Gasteiger partial charge on any atom is -0.427 e. The fourth-order valence-electron chi connectivity index (χ4n) is 4.13. The number of aryl methyl sites for hydroxylation is 1. The fourth-order valence-corrected chi connectivity index (χ4v) is 5.33. The Labute approximate surface area is 189 Å². The van der Waals surface area contributed by atoms with Crippen LogP contribution in [0.1, 0.15) is 51.6 Å². The monoisotopic (exact) mass is 461 g/mol. The molecule has 10 heteroatoms. The number of carbonyl (C=O) groups is 3. The number of esters is 2. The molecule has 0 aliphatic carbocycles. The van der Waals surface area contributed by atoms with Crippen molar-refractivity contribution < 1.29 is 29.0 Å². The Morgan fingerprint density at radius 3 is 2.69 bits per heavy atom. The zero-order valence-electron chi connectivity index (χ0n) is 18.7. The van der Waals surface area contributed by atoms with Gasteiger partial charge in [-0.15, -0.1) is 11.3 Å². The molecule has 9 nitrogen and oxygen atoms in total. The number of aliphatic hydroxyl groups is 1. The van der Waals surface area contributed by atoms with Gasteiger partial charge in [0.15, 0.2) is 0 Å². The molecule has 0 radical (unpaired) electrons. The molecule has 1 saturated heterocycles. The molecule has 0 spiro atoms. The number of nitrogens with zero attached hydrogens (tertiary/aromatic N) is 3. The van der Waals surface area contributed by atoms with Gasteiger partial charge in [-0.05, 0) is 40.5 Å². The lowest BCUT2D eigenvalue weighted by molar-refractivity contribution is -0.175. The number of thiazole rings is 1. The molecule has 172 valence electrons. The molecule has 1 amide bonds. The second-order valence-corrected chi connectivity index (χ2v) is 10.2. The van der Waals surface area contributed by atoms with Gasteiger partial charge in [0.25, 0.3) is 0 Å². The van der Waals surface area contributed by atoms with E-state index in [1.165, 1.54) is 16.2 Å². The van der Waals surface area contributed by atoms with Crippen LogP contribution in [0, 0.1) is 11.3 Å². The highest BCUT2D eigenvalue weighted by atomic mass is 32.1. The SMILES string of the molecule is CCc1ncn2cc(C3=C(C(=O)OCOC(=O)C(C)(C)C)N4C(=O)[C@H]([C@@H](C)O)[C@H]4C3)sc12. The van der Waals surface area contributed by atoms with E-state index >= 15 is 0 Å². The van der Waals surface area contributed by atoms with E-state index in [1.54, 1.807) is 34.0 Å². The number of amides is 1. The van der Waals surface area contributed by atoms with Crippen LogP contribution in [-0.2, 0) is 30.3 Å². The Hall–Kier alpha value is -2.72. The zero-order chi connectivity index (χ0) is 23.4. The number of aromatic nitrogens is 2. The second-order valence-electron chi connectivity index (χ2n) is 9.16. The van der Waals surface area contributed by atoms with Gasteiger partial charge in [0.1, 0.15) is 16.9 Å². The third kappa shape index (κ3) is 3.61. The number of aliphatic hydroxyl groups excluding tert-OH is 1. The van der Waals surface area contributed by atoms with Crippen LogP contribution in [0.4, 0.5) is 0 Å². The summed E-state index contributed by atoms with van der Waals surface area (Å²) in [6.07, 6.45) is 4.02. The van der Waals surface area contributed by atoms with E-state index in [1.807, 2.05) is 17.5 Å². The van der Waals surface area contributed by atoms with Gasteiger partial charge in [-0.3, -0.25) is 14.0 Å². The average Bonchev–Trinajstić information content (AvgIpc) is 3.36. The molecule has 2 aliphatic rings. The number of ether oxygens (including phenoxy) is 2. The Bertz CT molecular complexity index is 1120.